The van der Waals surface area contributed by atoms with Crippen LogP contribution in [0.3, 0.4) is 0 Å². The lowest BCUT2D eigenvalue weighted by Gasteiger charge is -2.20. The predicted molar refractivity (Wildman–Crippen MR) is 90.7 cm³/mol. The number of nitrogens with zero attached hydrogens (tertiary/aromatic N) is 3. The minimum Gasteiger partial charge on any atom is -0.497 e. The van der Waals surface area contributed by atoms with E-state index >= 15 is 0 Å². The van der Waals surface area contributed by atoms with Gasteiger partial charge in [-0.05, 0) is 18.2 Å². The Kier molecular flexibility index (Phi) is 4.78. The first-order valence-electron chi connectivity index (χ1n) is 7.72. The minimum absolute atomic E-state index is 0.119. The van der Waals surface area contributed by atoms with Crippen molar-refractivity contribution in [2.75, 3.05) is 31.0 Å². The van der Waals surface area contributed by atoms with Gasteiger partial charge in [0.1, 0.15) is 11.5 Å². The molecule has 0 saturated carbocycles. The monoisotopic (exact) mass is 342 g/mol. The molecule has 8 heteroatoms. The van der Waals surface area contributed by atoms with Crippen molar-refractivity contribution in [3.8, 4) is 11.5 Å². The molecule has 0 aliphatic carbocycles. The first-order valence-corrected chi connectivity index (χ1v) is 7.72. The number of aromatic nitrogens is 2. The van der Waals surface area contributed by atoms with E-state index in [2.05, 4.69) is 15.3 Å². The summed E-state index contributed by atoms with van der Waals surface area (Å²) in [5, 5.41) is 2.63. The van der Waals surface area contributed by atoms with Crippen LogP contribution < -0.4 is 19.7 Å². The van der Waals surface area contributed by atoms with E-state index in [1.807, 2.05) is 0 Å². The summed E-state index contributed by atoms with van der Waals surface area (Å²) in [6.45, 7) is 0.264. The number of methoxy groups -OCH3 is 2. The lowest BCUT2D eigenvalue weighted by atomic mass is 10.1. The zero-order chi connectivity index (χ0) is 17.8. The van der Waals surface area contributed by atoms with Gasteiger partial charge in [0.25, 0.3) is 0 Å². The van der Waals surface area contributed by atoms with Gasteiger partial charge in [-0.2, -0.15) is 0 Å². The second-order valence-corrected chi connectivity index (χ2v) is 5.50. The Morgan fingerprint density at radius 1 is 1.24 bits per heavy atom. The number of benzene rings is 1. The molecule has 1 atom stereocenters. The average molecular weight is 342 g/mol. The SMILES string of the molecule is COc1ccc(N2C[C@@H](C(=O)Nc3ncccn3)CC2=O)c(OC)c1. The molecular formula is C17H18N4O4. The van der Waals surface area contributed by atoms with Crippen molar-refractivity contribution >= 4 is 23.5 Å². The van der Waals surface area contributed by atoms with Crippen molar-refractivity contribution in [1.29, 1.82) is 0 Å². The molecule has 1 aliphatic heterocycles. The Balaban J connectivity index is 1.75. The van der Waals surface area contributed by atoms with Gasteiger partial charge in [-0.3, -0.25) is 14.9 Å². The molecule has 1 aromatic heterocycles. The summed E-state index contributed by atoms with van der Waals surface area (Å²) in [5.74, 6) is 0.457. The van der Waals surface area contributed by atoms with E-state index in [0.717, 1.165) is 0 Å². The summed E-state index contributed by atoms with van der Waals surface area (Å²) < 4.78 is 10.5. The molecule has 3 rings (SSSR count). The van der Waals surface area contributed by atoms with Crippen LogP contribution in [0.5, 0.6) is 11.5 Å². The fraction of sp³-hybridized carbons (Fsp3) is 0.294. The van der Waals surface area contributed by atoms with Crippen LogP contribution in [0.25, 0.3) is 0 Å². The first-order chi connectivity index (χ1) is 12.1. The fourth-order valence-electron chi connectivity index (χ4n) is 2.70. The van der Waals surface area contributed by atoms with Crippen LogP contribution >= 0.6 is 0 Å². The molecule has 1 aliphatic rings. The van der Waals surface area contributed by atoms with E-state index in [-0.39, 0.29) is 30.7 Å². The smallest absolute Gasteiger partial charge is 0.232 e. The summed E-state index contributed by atoms with van der Waals surface area (Å²) in [6.07, 6.45) is 3.20. The molecule has 1 fully saturated rings. The van der Waals surface area contributed by atoms with Gasteiger partial charge in [-0.25, -0.2) is 9.97 Å². The topological polar surface area (TPSA) is 93.6 Å². The summed E-state index contributed by atoms with van der Waals surface area (Å²) >= 11 is 0. The molecule has 25 heavy (non-hydrogen) atoms. The van der Waals surface area contributed by atoms with Crippen LogP contribution in [0.2, 0.25) is 0 Å². The number of rotatable bonds is 5. The second kappa shape index (κ2) is 7.16. The van der Waals surface area contributed by atoms with Crippen LogP contribution in [-0.4, -0.2) is 42.5 Å². The van der Waals surface area contributed by atoms with Crippen LogP contribution in [0.4, 0.5) is 11.6 Å². The fourth-order valence-corrected chi connectivity index (χ4v) is 2.70. The Labute approximate surface area is 144 Å². The van der Waals surface area contributed by atoms with Crippen molar-refractivity contribution in [2.24, 2.45) is 5.92 Å². The lowest BCUT2D eigenvalue weighted by molar-refractivity contribution is -0.122. The number of hydrogen-bond acceptors (Lipinski definition) is 6. The van der Waals surface area contributed by atoms with E-state index in [1.165, 1.54) is 19.5 Å². The molecule has 1 aromatic carbocycles. The summed E-state index contributed by atoms with van der Waals surface area (Å²) in [6, 6.07) is 6.85. The maximum absolute atomic E-state index is 12.4. The zero-order valence-electron chi connectivity index (χ0n) is 13.9. The van der Waals surface area contributed by atoms with Gasteiger partial charge in [0, 0.05) is 31.4 Å². The third-order valence-electron chi connectivity index (χ3n) is 3.97. The highest BCUT2D eigenvalue weighted by Crippen LogP contribution is 2.35. The quantitative estimate of drug-likeness (QED) is 0.885. The Morgan fingerprint density at radius 2 is 2.00 bits per heavy atom. The third kappa shape index (κ3) is 3.52. The number of ether oxygens (including phenoxy) is 2. The van der Waals surface area contributed by atoms with E-state index in [9.17, 15) is 9.59 Å². The van der Waals surface area contributed by atoms with Gasteiger partial charge in [0.15, 0.2) is 0 Å². The first kappa shape index (κ1) is 16.7. The molecular weight excluding hydrogens is 324 g/mol. The minimum atomic E-state index is -0.483. The van der Waals surface area contributed by atoms with Crippen LogP contribution in [0, 0.1) is 5.92 Å². The van der Waals surface area contributed by atoms with Gasteiger partial charge in [0.2, 0.25) is 17.8 Å². The molecule has 8 nitrogen and oxygen atoms in total. The van der Waals surface area contributed by atoms with Gasteiger partial charge in [0.05, 0.1) is 25.8 Å². The molecule has 0 unspecified atom stereocenters. The number of carbonyl (C=O) groups excluding carboxylic acids is 2. The molecule has 1 saturated heterocycles. The van der Waals surface area contributed by atoms with Crippen molar-refractivity contribution in [3.63, 3.8) is 0 Å². The third-order valence-corrected chi connectivity index (χ3v) is 3.97. The highest BCUT2D eigenvalue weighted by molar-refractivity contribution is 6.03. The van der Waals surface area contributed by atoms with Gasteiger partial charge in [-0.1, -0.05) is 0 Å². The molecule has 2 heterocycles. The lowest BCUT2D eigenvalue weighted by Crippen LogP contribution is -2.28. The number of carbonyl (C=O) groups is 2. The Hall–Kier alpha value is -3.16. The van der Waals surface area contributed by atoms with Crippen LogP contribution in [0.15, 0.2) is 36.7 Å². The average Bonchev–Trinajstić information content (AvgIpc) is 3.03. The van der Waals surface area contributed by atoms with Gasteiger partial charge in [-0.15, -0.1) is 0 Å². The van der Waals surface area contributed by atoms with Crippen molar-refractivity contribution < 1.29 is 19.1 Å². The molecule has 130 valence electrons. The summed E-state index contributed by atoms with van der Waals surface area (Å²) in [7, 11) is 3.08. The standard InChI is InChI=1S/C17H18N4O4/c1-24-12-4-5-13(14(9-12)25-2)21-10-11(8-15(21)22)16(23)20-17-18-6-3-7-19-17/h3-7,9,11H,8,10H2,1-2H3,(H,18,19,20,23)/t11-/m0/s1. The van der Waals surface area contributed by atoms with Crippen LogP contribution in [-0.2, 0) is 9.59 Å². The number of amides is 2. The maximum atomic E-state index is 12.4. The summed E-state index contributed by atoms with van der Waals surface area (Å²) in [4.78, 5) is 34.2. The summed E-state index contributed by atoms with van der Waals surface area (Å²) in [5.41, 5.74) is 0.611. The molecule has 0 bridgehead atoms. The van der Waals surface area contributed by atoms with E-state index in [4.69, 9.17) is 9.47 Å². The van der Waals surface area contributed by atoms with E-state index in [0.29, 0.717) is 17.2 Å². The molecule has 0 radical (unpaired) electrons. The number of hydrogen-bond donors (Lipinski definition) is 1. The highest BCUT2D eigenvalue weighted by Gasteiger charge is 2.36. The maximum Gasteiger partial charge on any atom is 0.232 e. The Morgan fingerprint density at radius 3 is 2.68 bits per heavy atom. The molecule has 0 spiro atoms. The zero-order valence-corrected chi connectivity index (χ0v) is 13.9. The molecule has 2 aromatic rings. The number of nitrogens with one attached hydrogen (secondary N) is 1. The predicted octanol–water partition coefficient (Wildman–Crippen LogP) is 1.49. The second-order valence-electron chi connectivity index (χ2n) is 5.50. The Bertz CT molecular complexity index is 781. The van der Waals surface area contributed by atoms with Crippen molar-refractivity contribution in [1.82, 2.24) is 9.97 Å². The highest BCUT2D eigenvalue weighted by atomic mass is 16.5. The van der Waals surface area contributed by atoms with E-state index in [1.54, 1.807) is 36.3 Å². The normalized spacial score (nSPS) is 16.6. The van der Waals surface area contributed by atoms with Gasteiger partial charge < -0.3 is 14.4 Å². The largest absolute Gasteiger partial charge is 0.497 e. The van der Waals surface area contributed by atoms with Crippen LogP contribution in [0.1, 0.15) is 6.42 Å². The number of anilines is 2. The molecule has 1 N–H and O–H groups in total. The van der Waals surface area contributed by atoms with Gasteiger partial charge >= 0.3 is 0 Å². The van der Waals surface area contributed by atoms with E-state index < -0.39 is 5.92 Å². The van der Waals surface area contributed by atoms with Crippen molar-refractivity contribution in [3.05, 3.63) is 36.7 Å². The van der Waals surface area contributed by atoms with Crippen molar-refractivity contribution in [2.45, 2.75) is 6.42 Å². The molecule has 2 amide bonds.